The monoisotopic (exact) mass is 367 g/mol. The van der Waals surface area contributed by atoms with Gasteiger partial charge in [-0.1, -0.05) is 18.2 Å². The highest BCUT2D eigenvalue weighted by molar-refractivity contribution is 7.13. The number of hydrogen-bond acceptors (Lipinski definition) is 6. The van der Waals surface area contributed by atoms with Crippen LogP contribution >= 0.6 is 11.3 Å². The maximum Gasteiger partial charge on any atom is 0.257 e. The van der Waals surface area contributed by atoms with Gasteiger partial charge in [0.15, 0.2) is 0 Å². The maximum absolute atomic E-state index is 11.5. The van der Waals surface area contributed by atoms with Gasteiger partial charge in [0, 0.05) is 6.92 Å². The van der Waals surface area contributed by atoms with Gasteiger partial charge in [-0.15, -0.1) is 21.5 Å². The largest absolute Gasteiger partial charge is 0.418 e. The molecule has 0 saturated carbocycles. The number of rotatable bonds is 5. The molecule has 0 aliphatic carbocycles. The molecule has 1 N–H and O–H groups in total. The van der Waals surface area contributed by atoms with E-state index in [0.717, 1.165) is 21.7 Å². The Bertz CT molecular complexity index is 1050. The standard InChI is InChI=1S/C18H17N5O2S/c1-11(19-12(2)24)17-20-13-6-3-4-7-14(13)23(17)10-16-21-22-18(25-16)15-8-5-9-26-15/h3-9,11H,10H2,1-2H3,(H,19,24). The van der Waals surface area contributed by atoms with E-state index in [-0.39, 0.29) is 11.9 Å². The van der Waals surface area contributed by atoms with Crippen molar-refractivity contribution in [1.29, 1.82) is 0 Å². The molecule has 3 aromatic heterocycles. The summed E-state index contributed by atoms with van der Waals surface area (Å²) in [5.41, 5.74) is 1.81. The zero-order valence-electron chi connectivity index (χ0n) is 14.3. The molecular weight excluding hydrogens is 350 g/mol. The summed E-state index contributed by atoms with van der Waals surface area (Å²) in [6, 6.07) is 11.5. The van der Waals surface area contributed by atoms with Crippen LogP contribution in [0.2, 0.25) is 0 Å². The molecule has 0 aliphatic heterocycles. The van der Waals surface area contributed by atoms with Crippen LogP contribution < -0.4 is 5.32 Å². The average Bonchev–Trinajstić information content (AvgIpc) is 3.34. The highest BCUT2D eigenvalue weighted by atomic mass is 32.1. The summed E-state index contributed by atoms with van der Waals surface area (Å²) >= 11 is 1.55. The summed E-state index contributed by atoms with van der Waals surface area (Å²) in [4.78, 5) is 17.1. The van der Waals surface area contributed by atoms with Crippen molar-refractivity contribution >= 4 is 28.3 Å². The molecule has 26 heavy (non-hydrogen) atoms. The molecule has 132 valence electrons. The van der Waals surface area contributed by atoms with Crippen LogP contribution in [0, 0.1) is 0 Å². The van der Waals surface area contributed by atoms with E-state index in [4.69, 9.17) is 4.42 Å². The lowest BCUT2D eigenvalue weighted by atomic mass is 10.3. The minimum atomic E-state index is -0.236. The maximum atomic E-state index is 11.5. The number of amides is 1. The number of nitrogens with zero attached hydrogens (tertiary/aromatic N) is 4. The highest BCUT2D eigenvalue weighted by Crippen LogP contribution is 2.25. The van der Waals surface area contributed by atoms with E-state index >= 15 is 0 Å². The van der Waals surface area contributed by atoms with Gasteiger partial charge in [-0.25, -0.2) is 4.98 Å². The Labute approximate surface area is 153 Å². The molecule has 4 aromatic rings. The molecule has 1 amide bonds. The molecule has 7 nitrogen and oxygen atoms in total. The van der Waals surface area contributed by atoms with Crippen molar-refractivity contribution in [1.82, 2.24) is 25.1 Å². The summed E-state index contributed by atoms with van der Waals surface area (Å²) in [5.74, 6) is 1.65. The van der Waals surface area contributed by atoms with Gasteiger partial charge in [-0.05, 0) is 30.5 Å². The molecular formula is C18H17N5O2S. The SMILES string of the molecule is CC(=O)NC(C)c1nc2ccccc2n1Cc1nnc(-c2cccs2)o1. The van der Waals surface area contributed by atoms with E-state index < -0.39 is 0 Å². The molecule has 0 fully saturated rings. The van der Waals surface area contributed by atoms with Crippen LogP contribution in [0.15, 0.2) is 46.2 Å². The Kier molecular flexibility index (Phi) is 4.26. The van der Waals surface area contributed by atoms with Crippen LogP contribution in [0.3, 0.4) is 0 Å². The Balaban J connectivity index is 1.72. The number of nitrogens with one attached hydrogen (secondary N) is 1. The van der Waals surface area contributed by atoms with Gasteiger partial charge in [0.1, 0.15) is 12.4 Å². The smallest absolute Gasteiger partial charge is 0.257 e. The Morgan fingerprint density at radius 2 is 2.12 bits per heavy atom. The normalized spacial score (nSPS) is 12.4. The number of carbonyl (C=O) groups excluding carboxylic acids is 1. The number of carbonyl (C=O) groups is 1. The molecule has 8 heteroatoms. The Morgan fingerprint density at radius 3 is 2.88 bits per heavy atom. The lowest BCUT2D eigenvalue weighted by Gasteiger charge is -2.14. The topological polar surface area (TPSA) is 85.8 Å². The first-order valence-electron chi connectivity index (χ1n) is 8.20. The van der Waals surface area contributed by atoms with Crippen molar-refractivity contribution in [3.63, 3.8) is 0 Å². The second-order valence-corrected chi connectivity index (χ2v) is 6.89. The Hall–Kier alpha value is -3.00. The van der Waals surface area contributed by atoms with Gasteiger partial charge in [-0.3, -0.25) is 4.79 Å². The minimum absolute atomic E-state index is 0.103. The van der Waals surface area contributed by atoms with Crippen molar-refractivity contribution < 1.29 is 9.21 Å². The predicted octanol–water partition coefficient (Wildman–Crippen LogP) is 3.39. The second kappa shape index (κ2) is 6.72. The van der Waals surface area contributed by atoms with Crippen LogP contribution in [-0.4, -0.2) is 25.7 Å². The number of imidazole rings is 1. The van der Waals surface area contributed by atoms with Gasteiger partial charge < -0.3 is 14.3 Å². The number of aromatic nitrogens is 4. The van der Waals surface area contributed by atoms with Crippen molar-refractivity contribution in [2.24, 2.45) is 0 Å². The fourth-order valence-corrected chi connectivity index (χ4v) is 3.56. The molecule has 0 spiro atoms. The fourth-order valence-electron chi connectivity index (χ4n) is 2.91. The number of benzene rings is 1. The number of para-hydroxylation sites is 2. The van der Waals surface area contributed by atoms with E-state index in [1.54, 1.807) is 11.3 Å². The Morgan fingerprint density at radius 1 is 1.27 bits per heavy atom. The van der Waals surface area contributed by atoms with Crippen LogP contribution in [0.5, 0.6) is 0 Å². The second-order valence-electron chi connectivity index (χ2n) is 5.95. The first kappa shape index (κ1) is 16.5. The van der Waals surface area contributed by atoms with Crippen LogP contribution in [0.4, 0.5) is 0 Å². The quantitative estimate of drug-likeness (QED) is 0.584. The van der Waals surface area contributed by atoms with Crippen molar-refractivity contribution in [3.8, 4) is 10.8 Å². The number of thiophene rings is 1. The molecule has 0 radical (unpaired) electrons. The molecule has 1 atom stereocenters. The molecule has 1 unspecified atom stereocenters. The van der Waals surface area contributed by atoms with Crippen LogP contribution in [0.25, 0.3) is 21.8 Å². The molecule has 1 aromatic carbocycles. The highest BCUT2D eigenvalue weighted by Gasteiger charge is 2.19. The van der Waals surface area contributed by atoms with Crippen molar-refractivity contribution in [2.75, 3.05) is 0 Å². The summed E-state index contributed by atoms with van der Waals surface area (Å²) in [5, 5.41) is 13.2. The molecule has 0 aliphatic rings. The molecule has 0 saturated heterocycles. The fraction of sp³-hybridized carbons (Fsp3) is 0.222. The lowest BCUT2D eigenvalue weighted by Crippen LogP contribution is -2.26. The van der Waals surface area contributed by atoms with Gasteiger partial charge in [0.2, 0.25) is 11.8 Å². The van der Waals surface area contributed by atoms with Crippen molar-refractivity contribution in [3.05, 3.63) is 53.5 Å². The molecule has 3 heterocycles. The van der Waals surface area contributed by atoms with Crippen molar-refractivity contribution in [2.45, 2.75) is 26.4 Å². The lowest BCUT2D eigenvalue weighted by molar-refractivity contribution is -0.119. The third-order valence-electron chi connectivity index (χ3n) is 3.98. The minimum Gasteiger partial charge on any atom is -0.418 e. The summed E-state index contributed by atoms with van der Waals surface area (Å²) in [6.07, 6.45) is 0. The number of fused-ring (bicyclic) bond motifs is 1. The third-order valence-corrected chi connectivity index (χ3v) is 4.84. The van der Waals surface area contributed by atoms with E-state index in [1.165, 1.54) is 6.92 Å². The molecule has 4 rings (SSSR count). The zero-order valence-corrected chi connectivity index (χ0v) is 15.2. The molecule has 0 bridgehead atoms. The zero-order chi connectivity index (χ0) is 18.1. The van der Waals surface area contributed by atoms with Crippen LogP contribution in [-0.2, 0) is 11.3 Å². The van der Waals surface area contributed by atoms with Crippen LogP contribution in [0.1, 0.15) is 31.6 Å². The van der Waals surface area contributed by atoms with E-state index in [9.17, 15) is 4.79 Å². The average molecular weight is 367 g/mol. The number of hydrogen-bond donors (Lipinski definition) is 1. The first-order chi connectivity index (χ1) is 12.6. The first-order valence-corrected chi connectivity index (χ1v) is 9.08. The summed E-state index contributed by atoms with van der Waals surface area (Å²) < 4.78 is 7.82. The van der Waals surface area contributed by atoms with E-state index in [1.807, 2.05) is 53.3 Å². The van der Waals surface area contributed by atoms with E-state index in [2.05, 4.69) is 20.5 Å². The predicted molar refractivity (Wildman–Crippen MR) is 98.7 cm³/mol. The van der Waals surface area contributed by atoms with Gasteiger partial charge in [0.25, 0.3) is 5.89 Å². The van der Waals surface area contributed by atoms with Gasteiger partial charge in [-0.2, -0.15) is 0 Å². The third kappa shape index (κ3) is 3.11. The summed E-state index contributed by atoms with van der Waals surface area (Å²) in [6.45, 7) is 3.79. The van der Waals surface area contributed by atoms with Gasteiger partial charge >= 0.3 is 0 Å². The van der Waals surface area contributed by atoms with E-state index in [0.29, 0.717) is 18.3 Å². The summed E-state index contributed by atoms with van der Waals surface area (Å²) in [7, 11) is 0. The van der Waals surface area contributed by atoms with Gasteiger partial charge in [0.05, 0.1) is 22.0 Å².